The second kappa shape index (κ2) is 7.55. The van der Waals surface area contributed by atoms with Crippen LogP contribution in [0.2, 0.25) is 0 Å². The molecule has 1 aromatic rings. The lowest BCUT2D eigenvalue weighted by molar-refractivity contribution is -0.122. The molecule has 0 spiro atoms. The van der Waals surface area contributed by atoms with Gasteiger partial charge in [-0.15, -0.1) is 0 Å². The molecule has 2 N–H and O–H groups in total. The van der Waals surface area contributed by atoms with Gasteiger partial charge in [-0.1, -0.05) is 6.07 Å². The van der Waals surface area contributed by atoms with Crippen LogP contribution in [-0.4, -0.2) is 66.1 Å². The van der Waals surface area contributed by atoms with Crippen LogP contribution < -0.4 is 5.32 Å². The molecule has 5 nitrogen and oxygen atoms in total. The highest BCUT2D eigenvalue weighted by Crippen LogP contribution is 2.22. The highest BCUT2D eigenvalue weighted by Gasteiger charge is 2.26. The topological polar surface area (TPSA) is 55.8 Å². The SMILES string of the molecule is O=C(CN1CCN(CC(O)c2c(F)cccc2F)CC1)NC1CC1. The Kier molecular flexibility index (Phi) is 5.43. The molecular formula is C17H23F2N3O2. The summed E-state index contributed by atoms with van der Waals surface area (Å²) in [7, 11) is 0. The summed E-state index contributed by atoms with van der Waals surface area (Å²) in [5, 5.41) is 13.1. The zero-order valence-corrected chi connectivity index (χ0v) is 13.5. The number of β-amino-alcohol motifs (C(OH)–C–C–N with tert-alkyl or cyclic N) is 1. The minimum absolute atomic E-state index is 0.0550. The number of hydrogen-bond donors (Lipinski definition) is 2. The van der Waals surface area contributed by atoms with Crippen molar-refractivity contribution < 1.29 is 18.7 Å². The number of nitrogens with zero attached hydrogens (tertiary/aromatic N) is 2. The number of aliphatic hydroxyl groups is 1. The number of aliphatic hydroxyl groups excluding tert-OH is 1. The summed E-state index contributed by atoms with van der Waals surface area (Å²) < 4.78 is 27.4. The Labute approximate surface area is 140 Å². The molecule has 7 heteroatoms. The molecule has 2 aliphatic rings. The molecule has 0 bridgehead atoms. The monoisotopic (exact) mass is 339 g/mol. The predicted octanol–water partition coefficient (Wildman–Crippen LogP) is 0.894. The maximum atomic E-state index is 13.7. The Balaban J connectivity index is 1.45. The van der Waals surface area contributed by atoms with Crippen molar-refractivity contribution in [2.45, 2.75) is 25.0 Å². The number of carbonyl (C=O) groups excluding carboxylic acids is 1. The predicted molar refractivity (Wildman–Crippen MR) is 85.4 cm³/mol. The number of halogens is 2. The zero-order valence-electron chi connectivity index (χ0n) is 13.5. The van der Waals surface area contributed by atoms with Gasteiger partial charge >= 0.3 is 0 Å². The summed E-state index contributed by atoms with van der Waals surface area (Å²) in [6, 6.07) is 3.95. The Hall–Kier alpha value is -1.57. The number of hydrogen-bond acceptors (Lipinski definition) is 4. The van der Waals surface area contributed by atoms with Crippen molar-refractivity contribution in [3.8, 4) is 0 Å². The van der Waals surface area contributed by atoms with Gasteiger partial charge < -0.3 is 10.4 Å². The average molecular weight is 339 g/mol. The molecule has 0 radical (unpaired) electrons. The number of nitrogens with one attached hydrogen (secondary N) is 1. The maximum absolute atomic E-state index is 13.7. The van der Waals surface area contributed by atoms with Crippen molar-refractivity contribution in [3.63, 3.8) is 0 Å². The molecule has 1 atom stereocenters. The van der Waals surface area contributed by atoms with E-state index in [0.717, 1.165) is 25.0 Å². The summed E-state index contributed by atoms with van der Waals surface area (Å²) in [6.45, 7) is 3.28. The van der Waals surface area contributed by atoms with Gasteiger partial charge in [-0.25, -0.2) is 8.78 Å². The number of benzene rings is 1. The van der Waals surface area contributed by atoms with Crippen molar-refractivity contribution in [3.05, 3.63) is 35.4 Å². The molecular weight excluding hydrogens is 316 g/mol. The summed E-state index contributed by atoms with van der Waals surface area (Å²) in [4.78, 5) is 15.8. The summed E-state index contributed by atoms with van der Waals surface area (Å²) in [5.41, 5.74) is -0.274. The first kappa shape index (κ1) is 17.3. The zero-order chi connectivity index (χ0) is 17.1. The minimum Gasteiger partial charge on any atom is -0.387 e. The van der Waals surface area contributed by atoms with Gasteiger partial charge in [0.05, 0.1) is 18.2 Å². The van der Waals surface area contributed by atoms with Crippen molar-refractivity contribution in [2.75, 3.05) is 39.3 Å². The van der Waals surface area contributed by atoms with E-state index in [-0.39, 0.29) is 18.0 Å². The van der Waals surface area contributed by atoms with Gasteiger partial charge in [-0.2, -0.15) is 0 Å². The van der Waals surface area contributed by atoms with E-state index in [1.165, 1.54) is 6.07 Å². The molecule has 1 saturated carbocycles. The van der Waals surface area contributed by atoms with Gasteiger partial charge in [0.1, 0.15) is 11.6 Å². The molecule has 132 valence electrons. The number of piperazine rings is 1. The fourth-order valence-corrected chi connectivity index (χ4v) is 3.00. The molecule has 1 aromatic carbocycles. The molecule has 1 heterocycles. The molecule has 1 saturated heterocycles. The lowest BCUT2D eigenvalue weighted by Gasteiger charge is -2.35. The van der Waals surface area contributed by atoms with Crippen LogP contribution in [0.5, 0.6) is 0 Å². The molecule has 2 fully saturated rings. The normalized spacial score (nSPS) is 20.8. The maximum Gasteiger partial charge on any atom is 0.234 e. The standard InChI is InChI=1S/C17H23F2N3O2/c18-13-2-1-3-14(19)17(13)15(23)10-21-6-8-22(9-7-21)11-16(24)20-12-4-5-12/h1-3,12,15,23H,4-11H2,(H,20,24). The molecule has 24 heavy (non-hydrogen) atoms. The van der Waals surface area contributed by atoms with E-state index < -0.39 is 17.7 Å². The van der Waals surface area contributed by atoms with Crippen molar-refractivity contribution in [2.24, 2.45) is 0 Å². The highest BCUT2D eigenvalue weighted by molar-refractivity contribution is 5.78. The average Bonchev–Trinajstić information content (AvgIpc) is 3.33. The molecule has 1 aliphatic carbocycles. The first-order valence-corrected chi connectivity index (χ1v) is 8.39. The second-order valence-corrected chi connectivity index (χ2v) is 6.57. The number of rotatable bonds is 6. The fourth-order valence-electron chi connectivity index (χ4n) is 3.00. The number of amides is 1. The molecule has 1 unspecified atom stereocenters. The van der Waals surface area contributed by atoms with Crippen LogP contribution in [0, 0.1) is 11.6 Å². The van der Waals surface area contributed by atoms with Crippen LogP contribution in [0.15, 0.2) is 18.2 Å². The fraction of sp³-hybridized carbons (Fsp3) is 0.588. The van der Waals surface area contributed by atoms with E-state index in [1.807, 2.05) is 4.90 Å². The third kappa shape index (κ3) is 4.49. The van der Waals surface area contributed by atoms with Gasteiger partial charge in [-0.3, -0.25) is 14.6 Å². The minimum atomic E-state index is -1.20. The van der Waals surface area contributed by atoms with E-state index in [2.05, 4.69) is 10.2 Å². The Morgan fingerprint density at radius 3 is 2.33 bits per heavy atom. The van der Waals surface area contributed by atoms with Crippen LogP contribution in [-0.2, 0) is 4.79 Å². The van der Waals surface area contributed by atoms with Crippen LogP contribution in [0.3, 0.4) is 0 Å². The van der Waals surface area contributed by atoms with Gasteiger partial charge in [0.25, 0.3) is 0 Å². The van der Waals surface area contributed by atoms with Crippen LogP contribution in [0.25, 0.3) is 0 Å². The van der Waals surface area contributed by atoms with E-state index in [4.69, 9.17) is 0 Å². The quantitative estimate of drug-likeness (QED) is 0.808. The van der Waals surface area contributed by atoms with Gasteiger partial charge in [0, 0.05) is 38.8 Å². The largest absolute Gasteiger partial charge is 0.387 e. The van der Waals surface area contributed by atoms with Crippen LogP contribution >= 0.6 is 0 Å². The molecule has 1 aliphatic heterocycles. The smallest absolute Gasteiger partial charge is 0.234 e. The van der Waals surface area contributed by atoms with Gasteiger partial charge in [-0.05, 0) is 25.0 Å². The molecule has 0 aromatic heterocycles. The van der Waals surface area contributed by atoms with Crippen molar-refractivity contribution in [1.29, 1.82) is 0 Å². The van der Waals surface area contributed by atoms with Crippen LogP contribution in [0.4, 0.5) is 8.78 Å². The summed E-state index contributed by atoms with van der Waals surface area (Å²) >= 11 is 0. The third-order valence-electron chi connectivity index (χ3n) is 4.54. The lowest BCUT2D eigenvalue weighted by Crippen LogP contribution is -2.50. The first-order valence-electron chi connectivity index (χ1n) is 8.39. The Morgan fingerprint density at radius 2 is 1.75 bits per heavy atom. The van der Waals surface area contributed by atoms with Crippen LogP contribution in [0.1, 0.15) is 24.5 Å². The van der Waals surface area contributed by atoms with Gasteiger partial charge in [0.15, 0.2) is 0 Å². The summed E-state index contributed by atoms with van der Waals surface area (Å²) in [5.74, 6) is -1.39. The van der Waals surface area contributed by atoms with E-state index in [1.54, 1.807) is 0 Å². The van der Waals surface area contributed by atoms with Crippen molar-refractivity contribution >= 4 is 5.91 Å². The third-order valence-corrected chi connectivity index (χ3v) is 4.54. The van der Waals surface area contributed by atoms with Gasteiger partial charge in [0.2, 0.25) is 5.91 Å². The second-order valence-electron chi connectivity index (χ2n) is 6.57. The van der Waals surface area contributed by atoms with Crippen molar-refractivity contribution in [1.82, 2.24) is 15.1 Å². The van der Waals surface area contributed by atoms with E-state index in [9.17, 15) is 18.7 Å². The number of carbonyl (C=O) groups is 1. The molecule has 1 amide bonds. The summed E-state index contributed by atoms with van der Waals surface area (Å²) in [6.07, 6.45) is 0.949. The first-order chi connectivity index (χ1) is 11.5. The van der Waals surface area contributed by atoms with E-state index >= 15 is 0 Å². The van der Waals surface area contributed by atoms with E-state index in [0.29, 0.717) is 38.8 Å². The Morgan fingerprint density at radius 1 is 1.17 bits per heavy atom. The Bertz CT molecular complexity index is 567. The lowest BCUT2D eigenvalue weighted by atomic mass is 10.1. The molecule has 3 rings (SSSR count). The highest BCUT2D eigenvalue weighted by atomic mass is 19.1.